The molecule has 0 amide bonds. The number of rotatable bonds is 102. The van der Waals surface area contributed by atoms with Crippen LogP contribution in [-0.4, -0.2) is 35.8 Å². The molecule has 0 aliphatic carbocycles. The molecule has 1 rings (SSSR count). The van der Waals surface area contributed by atoms with E-state index >= 15 is 0 Å². The first-order chi connectivity index (χ1) is 62.1. The number of hydrogen-bond donors (Lipinski definition) is 0. The van der Waals surface area contributed by atoms with E-state index in [1.54, 1.807) is 0 Å². The monoisotopic (exact) mass is 1770 g/mol. The third kappa shape index (κ3) is 79.8. The van der Waals surface area contributed by atoms with Crippen molar-refractivity contribution in [3.63, 3.8) is 0 Å². The van der Waals surface area contributed by atoms with Gasteiger partial charge in [0.2, 0.25) is 34.5 Å². The first kappa shape index (κ1) is 120. The van der Waals surface area contributed by atoms with Gasteiger partial charge in [-0.1, -0.05) is 581 Å². The second-order valence-corrected chi connectivity index (χ2v) is 39.0. The van der Waals surface area contributed by atoms with Crippen molar-refractivity contribution < 1.29 is 57.2 Å². The highest BCUT2D eigenvalue weighted by Gasteiger charge is 2.38. The molecule has 0 saturated heterocycles. The van der Waals surface area contributed by atoms with E-state index in [4.69, 9.17) is 28.4 Å². The molecule has 0 bridgehead atoms. The van der Waals surface area contributed by atoms with Crippen molar-refractivity contribution in [3.8, 4) is 34.5 Å². The molecule has 0 spiro atoms. The Morgan fingerprint density at radius 2 is 0.175 bits per heavy atom. The summed E-state index contributed by atoms with van der Waals surface area (Å²) in [5, 5.41) is 0. The fraction of sp³-hybridized carbons (Fsp3) is 0.895. The molecule has 0 N–H and O–H groups in total. The molecule has 0 unspecified atom stereocenters. The van der Waals surface area contributed by atoms with Crippen molar-refractivity contribution in [2.24, 2.45) is 0 Å². The Hall–Kier alpha value is -3.96. The van der Waals surface area contributed by atoms with Crippen LogP contribution in [0.2, 0.25) is 0 Å². The predicted octanol–water partition coefficient (Wildman–Crippen LogP) is 38.7. The summed E-state index contributed by atoms with van der Waals surface area (Å²) in [7, 11) is 0. The summed E-state index contributed by atoms with van der Waals surface area (Å²) < 4.78 is 38.9. The first-order valence-electron chi connectivity index (χ1n) is 56.5. The zero-order valence-electron chi connectivity index (χ0n) is 84.8. The van der Waals surface area contributed by atoms with E-state index in [9.17, 15) is 28.8 Å². The van der Waals surface area contributed by atoms with Gasteiger partial charge in [-0.15, -0.1) is 0 Å². The molecule has 0 radical (unpaired) electrons. The van der Waals surface area contributed by atoms with E-state index in [2.05, 4.69) is 41.5 Å². The summed E-state index contributed by atoms with van der Waals surface area (Å²) >= 11 is 0. The van der Waals surface area contributed by atoms with Crippen LogP contribution in [-0.2, 0) is 28.8 Å². The molecule has 0 heterocycles. The molecule has 1 aromatic rings. The lowest BCUT2D eigenvalue weighted by atomic mass is 10.0. The van der Waals surface area contributed by atoms with Crippen molar-refractivity contribution in [1.29, 1.82) is 0 Å². The molecule has 738 valence electrons. The second kappa shape index (κ2) is 97.1. The SMILES string of the molecule is CCCCCCCCCCCCCCCCCC(=O)Oc1c(OC(=O)CCCCCCCCCCCCCCCCC)c(OC(=O)CCCCCCCCCCCCCCCCC)c(OC(=O)CCCCCCCCCCCCCCCCC)c(OC(=O)CCCCCCCCCCCCCCCCC)c1OC(=O)CCCCCCCCCCCCCCCCC. The molecular formula is C114H210O12. The molecule has 0 aliphatic heterocycles. The molecule has 1 aromatic carbocycles. The molecule has 126 heavy (non-hydrogen) atoms. The van der Waals surface area contributed by atoms with Gasteiger partial charge < -0.3 is 28.4 Å². The Morgan fingerprint density at radius 1 is 0.111 bits per heavy atom. The maximum absolute atomic E-state index is 14.9. The molecule has 12 nitrogen and oxygen atoms in total. The Morgan fingerprint density at radius 3 is 0.246 bits per heavy atom. The van der Waals surface area contributed by atoms with Crippen molar-refractivity contribution in [2.75, 3.05) is 0 Å². The standard InChI is InChI=1S/C114H210O12/c1-7-13-19-25-31-37-43-49-55-61-67-73-79-85-91-97-103(115)121-109-110(122-104(116)98-92-86-80-74-68-62-56-50-44-38-32-26-20-14-8-2)112(124-106(118)100-94-88-82-76-70-64-58-52-46-40-34-28-22-16-10-4)114(126-108(120)102-96-90-84-78-72-66-60-54-48-42-36-30-24-18-12-6)113(125-107(119)101-95-89-83-77-71-65-59-53-47-41-35-29-23-17-11-5)111(109)123-105(117)99-93-87-81-75-69-63-57-51-45-39-33-27-21-15-9-3/h7-102H2,1-6H3. The summed E-state index contributed by atoms with van der Waals surface area (Å²) in [6.45, 7) is 13.6. The van der Waals surface area contributed by atoms with Gasteiger partial charge in [-0.3, -0.25) is 28.8 Å². The van der Waals surface area contributed by atoms with Crippen molar-refractivity contribution in [2.45, 2.75) is 658 Å². The molecular weight excluding hydrogens is 1560 g/mol. The van der Waals surface area contributed by atoms with Crippen molar-refractivity contribution in [1.82, 2.24) is 0 Å². The lowest BCUT2D eigenvalue weighted by Crippen LogP contribution is -2.20. The number of esters is 6. The van der Waals surface area contributed by atoms with Crippen LogP contribution in [0.4, 0.5) is 0 Å². The highest BCUT2D eigenvalue weighted by atomic mass is 16.6. The highest BCUT2D eigenvalue weighted by Crippen LogP contribution is 2.59. The molecule has 0 aromatic heterocycles. The average molecular weight is 1770 g/mol. The Balaban J connectivity index is 4.02. The summed E-state index contributed by atoms with van der Waals surface area (Å²) in [5.41, 5.74) is 0. The topological polar surface area (TPSA) is 158 Å². The van der Waals surface area contributed by atoms with E-state index in [-0.39, 0.29) is 38.5 Å². The van der Waals surface area contributed by atoms with E-state index in [1.807, 2.05) is 0 Å². The van der Waals surface area contributed by atoms with Crippen molar-refractivity contribution in [3.05, 3.63) is 0 Å². The molecule has 0 aliphatic rings. The van der Waals surface area contributed by atoms with E-state index in [1.165, 1.54) is 385 Å². The number of carbonyl (C=O) groups excluding carboxylic acids is 6. The van der Waals surface area contributed by atoms with Crippen LogP contribution in [0.5, 0.6) is 34.5 Å². The fourth-order valence-corrected chi connectivity index (χ4v) is 18.0. The maximum Gasteiger partial charge on any atom is 0.311 e. The number of carbonyl (C=O) groups is 6. The van der Waals surface area contributed by atoms with Gasteiger partial charge in [-0.2, -0.15) is 0 Å². The molecule has 12 heteroatoms. The smallest absolute Gasteiger partial charge is 0.311 e. The van der Waals surface area contributed by atoms with Gasteiger partial charge in [0, 0.05) is 38.5 Å². The quantitative estimate of drug-likeness (QED) is 0.0346. The van der Waals surface area contributed by atoms with Gasteiger partial charge in [-0.25, -0.2) is 0 Å². The number of unbranched alkanes of at least 4 members (excludes halogenated alkanes) is 84. The second-order valence-electron chi connectivity index (χ2n) is 39.0. The molecule has 0 saturated carbocycles. The van der Waals surface area contributed by atoms with E-state index in [0.29, 0.717) is 38.5 Å². The van der Waals surface area contributed by atoms with E-state index in [0.717, 1.165) is 154 Å². The summed E-state index contributed by atoms with van der Waals surface area (Å²) in [4.78, 5) is 89.2. The van der Waals surface area contributed by atoms with Gasteiger partial charge in [0.15, 0.2) is 0 Å². The van der Waals surface area contributed by atoms with Crippen molar-refractivity contribution >= 4 is 35.8 Å². The minimum atomic E-state index is -0.688. The minimum Gasteiger partial charge on any atom is -0.418 e. The van der Waals surface area contributed by atoms with Crippen LogP contribution in [0, 0.1) is 0 Å². The lowest BCUT2D eigenvalue weighted by Gasteiger charge is -2.23. The van der Waals surface area contributed by atoms with Gasteiger partial charge >= 0.3 is 35.8 Å². The van der Waals surface area contributed by atoms with E-state index < -0.39 is 70.3 Å². The zero-order chi connectivity index (χ0) is 91.1. The largest absolute Gasteiger partial charge is 0.418 e. The Labute approximate surface area is 780 Å². The van der Waals surface area contributed by atoms with Crippen LogP contribution in [0.15, 0.2) is 0 Å². The van der Waals surface area contributed by atoms with Gasteiger partial charge in [0.05, 0.1) is 0 Å². The third-order valence-corrected chi connectivity index (χ3v) is 26.4. The van der Waals surface area contributed by atoms with Gasteiger partial charge in [0.1, 0.15) is 0 Å². The normalized spacial score (nSPS) is 11.5. The highest BCUT2D eigenvalue weighted by molar-refractivity contribution is 5.90. The predicted molar refractivity (Wildman–Crippen MR) is 538 cm³/mol. The van der Waals surface area contributed by atoms with Gasteiger partial charge in [-0.05, 0) is 38.5 Å². The van der Waals surface area contributed by atoms with Gasteiger partial charge in [0.25, 0.3) is 0 Å². The Bertz CT molecular complexity index is 2100. The summed E-state index contributed by atoms with van der Waals surface area (Å²) in [5.74, 6) is -7.20. The van der Waals surface area contributed by atoms with Crippen LogP contribution < -0.4 is 28.4 Å². The third-order valence-electron chi connectivity index (χ3n) is 26.4. The molecule has 0 atom stereocenters. The fourth-order valence-electron chi connectivity index (χ4n) is 18.0. The maximum atomic E-state index is 14.9. The Kier molecular flexibility index (Phi) is 92.5. The number of hydrogen-bond acceptors (Lipinski definition) is 12. The van der Waals surface area contributed by atoms with Crippen LogP contribution >= 0.6 is 0 Å². The lowest BCUT2D eigenvalue weighted by molar-refractivity contribution is -0.140. The van der Waals surface area contributed by atoms with Crippen LogP contribution in [0.3, 0.4) is 0 Å². The van der Waals surface area contributed by atoms with Crippen LogP contribution in [0.1, 0.15) is 658 Å². The zero-order valence-corrected chi connectivity index (χ0v) is 84.8. The summed E-state index contributed by atoms with van der Waals surface area (Å²) in [6, 6.07) is 0. The first-order valence-corrected chi connectivity index (χ1v) is 56.5. The average Bonchev–Trinajstić information content (AvgIpc) is 0.756. The van der Waals surface area contributed by atoms with Crippen LogP contribution in [0.25, 0.3) is 0 Å². The number of ether oxygens (including phenoxy) is 6. The summed E-state index contributed by atoms with van der Waals surface area (Å²) in [6.07, 6.45) is 104. The molecule has 0 fully saturated rings. The number of benzene rings is 1. The minimum absolute atomic E-state index is 0.0180.